The highest BCUT2D eigenvalue weighted by Crippen LogP contribution is 2.47. The summed E-state index contributed by atoms with van der Waals surface area (Å²) in [7, 11) is 0. The van der Waals surface area contributed by atoms with Gasteiger partial charge in [-0.3, -0.25) is 4.79 Å². The lowest BCUT2D eigenvalue weighted by Gasteiger charge is -2.21. The van der Waals surface area contributed by atoms with E-state index in [4.69, 9.17) is 5.11 Å². The summed E-state index contributed by atoms with van der Waals surface area (Å²) in [6, 6.07) is 6.30. The molecule has 5 heteroatoms. The summed E-state index contributed by atoms with van der Waals surface area (Å²) in [6.07, 6.45) is -3.67. The lowest BCUT2D eigenvalue weighted by molar-refractivity contribution is -0.163. The monoisotopic (exact) mass is 258 g/mol. The van der Waals surface area contributed by atoms with Crippen LogP contribution in [0.15, 0.2) is 24.3 Å². The van der Waals surface area contributed by atoms with Crippen LogP contribution in [0.5, 0.6) is 0 Å². The molecular formula is C13H13F3O2. The van der Waals surface area contributed by atoms with Crippen LogP contribution in [-0.4, -0.2) is 17.3 Å². The van der Waals surface area contributed by atoms with E-state index < -0.39 is 24.5 Å². The number of alkyl halides is 3. The Morgan fingerprint density at radius 2 is 1.94 bits per heavy atom. The van der Waals surface area contributed by atoms with Gasteiger partial charge in [0.1, 0.15) is 0 Å². The minimum absolute atomic E-state index is 0.120. The Labute approximate surface area is 102 Å². The van der Waals surface area contributed by atoms with Crippen LogP contribution in [0, 0.1) is 0 Å². The Hall–Kier alpha value is -1.52. The highest BCUT2D eigenvalue weighted by Gasteiger charge is 2.44. The van der Waals surface area contributed by atoms with Crippen LogP contribution in [0.25, 0.3) is 0 Å². The largest absolute Gasteiger partial charge is 0.481 e. The molecule has 0 aliphatic heterocycles. The molecule has 18 heavy (non-hydrogen) atoms. The van der Waals surface area contributed by atoms with Crippen molar-refractivity contribution in [3.63, 3.8) is 0 Å². The molecule has 0 aromatic heterocycles. The first-order valence-electron chi connectivity index (χ1n) is 5.77. The first-order chi connectivity index (χ1) is 8.39. The van der Waals surface area contributed by atoms with Gasteiger partial charge in [0.05, 0.1) is 12.3 Å². The number of aliphatic carboxylic acids is 1. The zero-order valence-corrected chi connectivity index (χ0v) is 9.57. The van der Waals surface area contributed by atoms with Crippen LogP contribution < -0.4 is 0 Å². The summed E-state index contributed by atoms with van der Waals surface area (Å²) in [4.78, 5) is 10.6. The number of benzene rings is 1. The van der Waals surface area contributed by atoms with E-state index in [0.29, 0.717) is 5.56 Å². The molecule has 0 saturated heterocycles. The lowest BCUT2D eigenvalue weighted by atomic mass is 9.89. The number of rotatable bonds is 4. The summed E-state index contributed by atoms with van der Waals surface area (Å²) >= 11 is 0. The van der Waals surface area contributed by atoms with Crippen LogP contribution in [0.3, 0.4) is 0 Å². The summed E-state index contributed by atoms with van der Waals surface area (Å²) in [5.41, 5.74) is 0.774. The normalized spacial score (nSPS) is 17.5. The van der Waals surface area contributed by atoms with Gasteiger partial charge in [0, 0.05) is 0 Å². The molecule has 1 unspecified atom stereocenters. The first kappa shape index (κ1) is 12.9. The van der Waals surface area contributed by atoms with Crippen LogP contribution in [0.4, 0.5) is 13.2 Å². The molecule has 2 rings (SSSR count). The molecule has 1 aromatic carbocycles. The maximum atomic E-state index is 13.0. The second-order valence-corrected chi connectivity index (χ2v) is 4.60. The fraction of sp³-hybridized carbons (Fsp3) is 0.462. The molecule has 0 spiro atoms. The Kier molecular flexibility index (Phi) is 3.32. The molecule has 98 valence electrons. The van der Waals surface area contributed by atoms with Crippen molar-refractivity contribution in [1.82, 2.24) is 0 Å². The zero-order chi connectivity index (χ0) is 13.3. The van der Waals surface area contributed by atoms with E-state index in [9.17, 15) is 18.0 Å². The summed E-state index contributed by atoms with van der Waals surface area (Å²) < 4.78 is 38.9. The van der Waals surface area contributed by atoms with Gasteiger partial charge in [-0.05, 0) is 29.9 Å². The lowest BCUT2D eigenvalue weighted by Crippen LogP contribution is -2.24. The molecule has 2 nitrogen and oxygen atoms in total. The zero-order valence-electron chi connectivity index (χ0n) is 9.57. The minimum Gasteiger partial charge on any atom is -0.481 e. The fourth-order valence-corrected chi connectivity index (χ4v) is 2.17. The van der Waals surface area contributed by atoms with Crippen molar-refractivity contribution < 1.29 is 23.1 Å². The smallest absolute Gasteiger partial charge is 0.396 e. The maximum Gasteiger partial charge on any atom is 0.396 e. The van der Waals surface area contributed by atoms with Crippen molar-refractivity contribution in [3.8, 4) is 0 Å². The van der Waals surface area contributed by atoms with E-state index >= 15 is 0 Å². The SMILES string of the molecule is O=C(O)CC(c1ccccc1C1CC1)C(F)(F)F. The standard InChI is InChI=1S/C13H13F3O2/c14-13(15,16)11(7-12(17)18)10-4-2-1-3-9(10)8-5-6-8/h1-4,8,11H,5-7H2,(H,17,18). The molecule has 1 fully saturated rings. The van der Waals surface area contributed by atoms with Gasteiger partial charge in [-0.25, -0.2) is 0 Å². The average molecular weight is 258 g/mol. The van der Waals surface area contributed by atoms with Crippen molar-refractivity contribution in [3.05, 3.63) is 35.4 Å². The van der Waals surface area contributed by atoms with Crippen LogP contribution in [0.1, 0.15) is 42.2 Å². The molecule has 1 aromatic rings. The van der Waals surface area contributed by atoms with Crippen molar-refractivity contribution in [2.75, 3.05) is 0 Å². The van der Waals surface area contributed by atoms with Crippen molar-refractivity contribution in [2.45, 2.75) is 37.3 Å². The van der Waals surface area contributed by atoms with E-state index in [0.717, 1.165) is 12.8 Å². The van der Waals surface area contributed by atoms with Crippen LogP contribution >= 0.6 is 0 Å². The van der Waals surface area contributed by atoms with Crippen LogP contribution in [-0.2, 0) is 4.79 Å². The van der Waals surface area contributed by atoms with Gasteiger partial charge in [-0.15, -0.1) is 0 Å². The third-order valence-corrected chi connectivity index (χ3v) is 3.16. The summed E-state index contributed by atoms with van der Waals surface area (Å²) in [5.74, 6) is -3.17. The highest BCUT2D eigenvalue weighted by atomic mass is 19.4. The number of halogens is 3. The predicted octanol–water partition coefficient (Wildman–Crippen LogP) is 3.68. The fourth-order valence-electron chi connectivity index (χ4n) is 2.17. The number of hydrogen-bond acceptors (Lipinski definition) is 1. The number of hydrogen-bond donors (Lipinski definition) is 1. The van der Waals surface area contributed by atoms with Gasteiger partial charge in [0.2, 0.25) is 0 Å². The van der Waals surface area contributed by atoms with Crippen molar-refractivity contribution in [2.24, 2.45) is 0 Å². The van der Waals surface area contributed by atoms with Gasteiger partial charge in [-0.1, -0.05) is 24.3 Å². The Morgan fingerprint density at radius 3 is 2.44 bits per heavy atom. The molecule has 0 heterocycles. The molecule has 1 N–H and O–H groups in total. The van der Waals surface area contributed by atoms with Crippen molar-refractivity contribution in [1.29, 1.82) is 0 Å². The Bertz CT molecular complexity index is 450. The minimum atomic E-state index is -4.52. The van der Waals surface area contributed by atoms with Gasteiger partial charge in [0.25, 0.3) is 0 Å². The van der Waals surface area contributed by atoms with E-state index in [-0.39, 0.29) is 11.5 Å². The second kappa shape index (κ2) is 4.63. The van der Waals surface area contributed by atoms with Crippen molar-refractivity contribution >= 4 is 5.97 Å². The number of carbonyl (C=O) groups is 1. The predicted molar refractivity (Wildman–Crippen MR) is 59.5 cm³/mol. The van der Waals surface area contributed by atoms with E-state index in [2.05, 4.69) is 0 Å². The van der Waals surface area contributed by atoms with E-state index in [1.54, 1.807) is 12.1 Å². The topological polar surface area (TPSA) is 37.3 Å². The molecule has 1 saturated carbocycles. The Morgan fingerprint density at radius 1 is 1.33 bits per heavy atom. The molecule has 0 amide bonds. The molecule has 1 aliphatic rings. The van der Waals surface area contributed by atoms with Gasteiger partial charge in [-0.2, -0.15) is 13.2 Å². The molecule has 1 atom stereocenters. The van der Waals surface area contributed by atoms with Crippen LogP contribution in [0.2, 0.25) is 0 Å². The highest BCUT2D eigenvalue weighted by molar-refractivity contribution is 5.68. The Balaban J connectivity index is 2.38. The number of carboxylic acids is 1. The maximum absolute atomic E-state index is 13.0. The van der Waals surface area contributed by atoms with Gasteiger partial charge < -0.3 is 5.11 Å². The number of carboxylic acid groups (broad SMARTS) is 1. The van der Waals surface area contributed by atoms with E-state index in [1.807, 2.05) is 0 Å². The molecule has 1 aliphatic carbocycles. The third kappa shape index (κ3) is 2.83. The molecule has 0 bridgehead atoms. The second-order valence-electron chi connectivity index (χ2n) is 4.60. The van der Waals surface area contributed by atoms with E-state index in [1.165, 1.54) is 12.1 Å². The third-order valence-electron chi connectivity index (χ3n) is 3.16. The quantitative estimate of drug-likeness (QED) is 0.894. The van der Waals surface area contributed by atoms with Gasteiger partial charge >= 0.3 is 12.1 Å². The molecule has 0 radical (unpaired) electrons. The first-order valence-corrected chi connectivity index (χ1v) is 5.77. The van der Waals surface area contributed by atoms with Gasteiger partial charge in [0.15, 0.2) is 0 Å². The summed E-state index contributed by atoms with van der Waals surface area (Å²) in [5, 5.41) is 8.65. The summed E-state index contributed by atoms with van der Waals surface area (Å²) in [6.45, 7) is 0. The average Bonchev–Trinajstić information content (AvgIpc) is 3.08. The molecular weight excluding hydrogens is 245 g/mol.